The Labute approximate surface area is 150 Å². The standard InChI is InChI=1S/C20H15O5P/c21-14-16-6-10-18(11-7-16)24-26(23,20-4-2-1-3-5-20)25-19-12-8-17(15-22)9-13-19/h1-15H. The molecule has 3 aromatic rings. The van der Waals surface area contributed by atoms with Crippen LogP contribution in [0.5, 0.6) is 11.5 Å². The van der Waals surface area contributed by atoms with E-state index in [0.717, 1.165) is 0 Å². The van der Waals surface area contributed by atoms with Crippen LogP contribution in [0.4, 0.5) is 0 Å². The highest BCUT2D eigenvalue weighted by Crippen LogP contribution is 2.47. The molecular weight excluding hydrogens is 351 g/mol. The van der Waals surface area contributed by atoms with Crippen LogP contribution in [-0.4, -0.2) is 12.6 Å². The number of aldehydes is 2. The van der Waals surface area contributed by atoms with Gasteiger partial charge in [0.25, 0.3) is 0 Å². The highest BCUT2D eigenvalue weighted by Gasteiger charge is 2.31. The first-order valence-corrected chi connectivity index (χ1v) is 9.32. The third-order valence-electron chi connectivity index (χ3n) is 3.56. The summed E-state index contributed by atoms with van der Waals surface area (Å²) in [5, 5.41) is 0.388. The van der Waals surface area contributed by atoms with Crippen LogP contribution in [0.15, 0.2) is 78.9 Å². The molecule has 0 heterocycles. The van der Waals surface area contributed by atoms with Gasteiger partial charge < -0.3 is 9.05 Å². The second kappa shape index (κ2) is 7.81. The highest BCUT2D eigenvalue weighted by molar-refractivity contribution is 7.63. The molecule has 0 bridgehead atoms. The fraction of sp³-hybridized carbons (Fsp3) is 0. The van der Waals surface area contributed by atoms with E-state index in [-0.39, 0.29) is 0 Å². The van der Waals surface area contributed by atoms with E-state index in [1.807, 2.05) is 0 Å². The fourth-order valence-electron chi connectivity index (χ4n) is 2.23. The van der Waals surface area contributed by atoms with Gasteiger partial charge in [-0.15, -0.1) is 0 Å². The van der Waals surface area contributed by atoms with Gasteiger partial charge in [-0.25, -0.2) is 4.57 Å². The molecule has 0 saturated carbocycles. The van der Waals surface area contributed by atoms with E-state index in [2.05, 4.69) is 0 Å². The van der Waals surface area contributed by atoms with Crippen molar-refractivity contribution in [3.8, 4) is 11.5 Å². The van der Waals surface area contributed by atoms with Gasteiger partial charge in [-0.2, -0.15) is 0 Å². The van der Waals surface area contributed by atoms with E-state index in [1.54, 1.807) is 78.9 Å². The van der Waals surface area contributed by atoms with Gasteiger partial charge in [-0.05, 0) is 60.7 Å². The lowest BCUT2D eigenvalue weighted by molar-refractivity contribution is 0.111. The summed E-state index contributed by atoms with van der Waals surface area (Å²) in [7, 11) is -3.74. The van der Waals surface area contributed by atoms with Crippen molar-refractivity contribution in [3.63, 3.8) is 0 Å². The van der Waals surface area contributed by atoms with E-state index in [0.29, 0.717) is 40.5 Å². The van der Waals surface area contributed by atoms with E-state index < -0.39 is 7.60 Å². The minimum atomic E-state index is -3.74. The summed E-state index contributed by atoms with van der Waals surface area (Å²) < 4.78 is 24.9. The van der Waals surface area contributed by atoms with Crippen LogP contribution in [0, 0.1) is 0 Å². The lowest BCUT2D eigenvalue weighted by Gasteiger charge is -2.20. The number of carbonyl (C=O) groups is 2. The maximum Gasteiger partial charge on any atom is 0.462 e. The average molecular weight is 366 g/mol. The summed E-state index contributed by atoms with van der Waals surface area (Å²) in [5.41, 5.74) is 0.967. The van der Waals surface area contributed by atoms with Gasteiger partial charge in [0, 0.05) is 11.1 Å². The van der Waals surface area contributed by atoms with Gasteiger partial charge in [0.05, 0.1) is 5.30 Å². The lowest BCUT2D eigenvalue weighted by Crippen LogP contribution is -2.14. The molecule has 0 unspecified atom stereocenters. The van der Waals surface area contributed by atoms with Crippen LogP contribution < -0.4 is 14.4 Å². The van der Waals surface area contributed by atoms with Crippen molar-refractivity contribution in [2.24, 2.45) is 0 Å². The van der Waals surface area contributed by atoms with Crippen LogP contribution in [0.1, 0.15) is 20.7 Å². The number of carbonyl (C=O) groups excluding carboxylic acids is 2. The fourth-order valence-corrected chi connectivity index (χ4v) is 3.81. The summed E-state index contributed by atoms with van der Waals surface area (Å²) >= 11 is 0. The molecule has 3 rings (SSSR count). The van der Waals surface area contributed by atoms with Crippen LogP contribution in [0.25, 0.3) is 0 Å². The van der Waals surface area contributed by atoms with Crippen LogP contribution in [0.3, 0.4) is 0 Å². The Morgan fingerprint density at radius 2 is 1.04 bits per heavy atom. The molecule has 0 fully saturated rings. The number of rotatable bonds is 7. The monoisotopic (exact) mass is 366 g/mol. The lowest BCUT2D eigenvalue weighted by atomic mass is 10.2. The molecule has 0 N–H and O–H groups in total. The Hall–Kier alpha value is -3.17. The number of hydrogen-bond donors (Lipinski definition) is 0. The first-order chi connectivity index (χ1) is 12.6. The van der Waals surface area contributed by atoms with Gasteiger partial charge in [-0.1, -0.05) is 18.2 Å². The van der Waals surface area contributed by atoms with Gasteiger partial charge in [-0.3, -0.25) is 9.59 Å². The zero-order chi connectivity index (χ0) is 18.4. The summed E-state index contributed by atoms with van der Waals surface area (Å²) in [5.74, 6) is 0.625. The van der Waals surface area contributed by atoms with Crippen molar-refractivity contribution in [2.75, 3.05) is 0 Å². The molecule has 0 amide bonds. The van der Waals surface area contributed by atoms with Crippen molar-refractivity contribution < 1.29 is 23.2 Å². The molecule has 0 radical (unpaired) electrons. The predicted molar refractivity (Wildman–Crippen MR) is 98.6 cm³/mol. The predicted octanol–water partition coefficient (Wildman–Crippen LogP) is 4.29. The molecule has 130 valence electrons. The normalized spacial score (nSPS) is 10.8. The molecule has 0 aliphatic rings. The minimum Gasteiger partial charge on any atom is -0.413 e. The highest BCUT2D eigenvalue weighted by atomic mass is 31.2. The van der Waals surface area contributed by atoms with Crippen LogP contribution >= 0.6 is 7.60 Å². The molecule has 0 atom stereocenters. The summed E-state index contributed by atoms with van der Waals surface area (Å²) in [6, 6.07) is 21.1. The maximum absolute atomic E-state index is 13.5. The molecule has 3 aromatic carbocycles. The molecular formula is C20H15O5P. The second-order valence-corrected chi connectivity index (χ2v) is 7.27. The summed E-state index contributed by atoms with van der Waals surface area (Å²) in [4.78, 5) is 21.5. The quantitative estimate of drug-likeness (QED) is 0.461. The SMILES string of the molecule is O=Cc1ccc(OP(=O)(Oc2ccc(C=O)cc2)c2ccccc2)cc1. The van der Waals surface area contributed by atoms with E-state index in [4.69, 9.17) is 9.05 Å². The largest absolute Gasteiger partial charge is 0.462 e. The van der Waals surface area contributed by atoms with Gasteiger partial charge in [0.15, 0.2) is 0 Å². The Morgan fingerprint density at radius 3 is 1.42 bits per heavy atom. The molecule has 26 heavy (non-hydrogen) atoms. The topological polar surface area (TPSA) is 69.7 Å². The third-order valence-corrected chi connectivity index (χ3v) is 5.39. The van der Waals surface area contributed by atoms with Gasteiger partial charge >= 0.3 is 7.60 Å². The first kappa shape index (κ1) is 17.6. The Kier molecular flexibility index (Phi) is 5.30. The summed E-state index contributed by atoms with van der Waals surface area (Å²) in [6.07, 6.45) is 1.43. The van der Waals surface area contributed by atoms with Gasteiger partial charge in [0.1, 0.15) is 24.1 Å². The summed E-state index contributed by atoms with van der Waals surface area (Å²) in [6.45, 7) is 0. The molecule has 0 spiro atoms. The average Bonchev–Trinajstić information content (AvgIpc) is 2.70. The number of hydrogen-bond acceptors (Lipinski definition) is 5. The minimum absolute atomic E-state index is 0.312. The molecule has 0 aliphatic heterocycles. The van der Waals surface area contributed by atoms with Crippen LogP contribution in [-0.2, 0) is 4.57 Å². The zero-order valence-electron chi connectivity index (χ0n) is 13.6. The maximum atomic E-state index is 13.5. The van der Waals surface area contributed by atoms with E-state index in [1.165, 1.54) is 0 Å². The zero-order valence-corrected chi connectivity index (χ0v) is 14.5. The molecule has 0 saturated heterocycles. The van der Waals surface area contributed by atoms with Crippen LogP contribution in [0.2, 0.25) is 0 Å². The molecule has 6 heteroatoms. The van der Waals surface area contributed by atoms with Crippen molar-refractivity contribution >= 4 is 25.5 Å². The molecule has 5 nitrogen and oxygen atoms in total. The Morgan fingerprint density at radius 1 is 0.615 bits per heavy atom. The van der Waals surface area contributed by atoms with Crippen molar-refractivity contribution in [1.29, 1.82) is 0 Å². The van der Waals surface area contributed by atoms with Gasteiger partial charge in [0.2, 0.25) is 0 Å². The second-order valence-electron chi connectivity index (χ2n) is 5.39. The van der Waals surface area contributed by atoms with E-state index >= 15 is 0 Å². The number of benzene rings is 3. The molecule has 0 aliphatic carbocycles. The van der Waals surface area contributed by atoms with E-state index in [9.17, 15) is 14.2 Å². The smallest absolute Gasteiger partial charge is 0.413 e. The Balaban J connectivity index is 1.94. The van der Waals surface area contributed by atoms with Crippen molar-refractivity contribution in [1.82, 2.24) is 0 Å². The van der Waals surface area contributed by atoms with Crippen molar-refractivity contribution in [3.05, 3.63) is 90.0 Å². The Bertz CT molecular complexity index is 877. The first-order valence-electron chi connectivity index (χ1n) is 7.78. The molecule has 0 aromatic heterocycles. The third kappa shape index (κ3) is 4.08. The van der Waals surface area contributed by atoms with Crippen molar-refractivity contribution in [2.45, 2.75) is 0 Å².